The quantitative estimate of drug-likeness (QED) is 0.527. The Bertz CT molecular complexity index is 773. The number of para-hydroxylation sites is 1. The van der Waals surface area contributed by atoms with Crippen LogP contribution in [0.1, 0.15) is 12.6 Å². The minimum atomic E-state index is -0.801. The maximum absolute atomic E-state index is 13.7. The summed E-state index contributed by atoms with van der Waals surface area (Å²) in [5.74, 6) is 4.06. The summed E-state index contributed by atoms with van der Waals surface area (Å²) in [5, 5.41) is 3.84. The molecule has 0 radical (unpaired) electrons. The van der Waals surface area contributed by atoms with Gasteiger partial charge in [-0.25, -0.2) is 18.8 Å². The molecule has 2 rings (SSSR count). The van der Waals surface area contributed by atoms with Crippen molar-refractivity contribution < 1.29 is 13.5 Å². The first-order valence-corrected chi connectivity index (χ1v) is 6.84. The van der Waals surface area contributed by atoms with E-state index < -0.39 is 17.3 Å². The molecule has 0 aliphatic carbocycles. The zero-order valence-corrected chi connectivity index (χ0v) is 13.1. The molecule has 0 aliphatic rings. The average molecular weight is 339 g/mol. The molecule has 8 heteroatoms. The lowest BCUT2D eigenvalue weighted by Gasteiger charge is -2.09. The molecule has 1 heterocycles. The summed E-state index contributed by atoms with van der Waals surface area (Å²) in [4.78, 5) is 8.05. The molecule has 2 N–H and O–H groups in total. The zero-order chi connectivity index (χ0) is 17.0. The summed E-state index contributed by atoms with van der Waals surface area (Å²) in [5.41, 5.74) is 0.00684. The van der Waals surface area contributed by atoms with Gasteiger partial charge in [0, 0.05) is 6.07 Å². The lowest BCUT2D eigenvalue weighted by molar-refractivity contribution is 0.397. The Kier molecular flexibility index (Phi) is 5.23. The number of methoxy groups -OCH3 is 1. The van der Waals surface area contributed by atoms with E-state index in [4.69, 9.17) is 22.2 Å². The molecule has 0 saturated carbocycles. The molecule has 1 aromatic heterocycles. The molecule has 2 aromatic rings. The number of pyridine rings is 1. The molecule has 5 nitrogen and oxygen atoms in total. The Balaban J connectivity index is 2.52. The number of benzene rings is 1. The molecule has 0 saturated heterocycles. The number of hydrazone groups is 1. The number of aromatic nitrogens is 1. The van der Waals surface area contributed by atoms with Gasteiger partial charge in [0.15, 0.2) is 11.6 Å². The number of hydrogen-bond acceptors (Lipinski definition) is 5. The summed E-state index contributed by atoms with van der Waals surface area (Å²) < 4.78 is 32.4. The van der Waals surface area contributed by atoms with E-state index in [2.05, 4.69) is 15.1 Å². The topological polar surface area (TPSA) is 72.9 Å². The third kappa shape index (κ3) is 3.62. The lowest BCUT2D eigenvalue weighted by atomic mass is 10.1. The van der Waals surface area contributed by atoms with Crippen LogP contribution in [0.3, 0.4) is 0 Å². The van der Waals surface area contributed by atoms with Crippen molar-refractivity contribution in [2.24, 2.45) is 15.9 Å². The van der Waals surface area contributed by atoms with Gasteiger partial charge in [0.2, 0.25) is 5.88 Å². The summed E-state index contributed by atoms with van der Waals surface area (Å²) in [6.07, 6.45) is 0. The highest BCUT2D eigenvalue weighted by molar-refractivity contribution is 6.50. The fourth-order valence-electron chi connectivity index (χ4n) is 1.85. The highest BCUT2D eigenvalue weighted by Crippen LogP contribution is 2.24. The van der Waals surface area contributed by atoms with Crippen LogP contribution in [0.4, 0.5) is 14.5 Å². The molecule has 0 aliphatic heterocycles. The SMILES string of the molecule is COc1ccc(Cl)c(/C(=N/N)C(C)=Nc2c(F)cccc2F)n1. The molecule has 1 aromatic carbocycles. The van der Waals surface area contributed by atoms with Crippen molar-refractivity contribution in [3.05, 3.63) is 52.7 Å². The second-order valence-electron chi connectivity index (χ2n) is 4.43. The summed E-state index contributed by atoms with van der Waals surface area (Å²) in [6, 6.07) is 6.56. The summed E-state index contributed by atoms with van der Waals surface area (Å²) in [7, 11) is 1.44. The van der Waals surface area contributed by atoms with E-state index in [9.17, 15) is 8.78 Å². The van der Waals surface area contributed by atoms with Gasteiger partial charge >= 0.3 is 0 Å². The molecule has 0 unspecified atom stereocenters. The molecule has 0 atom stereocenters. The summed E-state index contributed by atoms with van der Waals surface area (Å²) >= 11 is 6.08. The van der Waals surface area contributed by atoms with Gasteiger partial charge in [-0.2, -0.15) is 5.10 Å². The maximum atomic E-state index is 13.7. The van der Waals surface area contributed by atoms with Gasteiger partial charge in [-0.05, 0) is 25.1 Å². The smallest absolute Gasteiger partial charge is 0.213 e. The van der Waals surface area contributed by atoms with E-state index >= 15 is 0 Å². The minimum Gasteiger partial charge on any atom is -0.481 e. The van der Waals surface area contributed by atoms with Gasteiger partial charge in [0.05, 0.1) is 17.8 Å². The minimum absolute atomic E-state index is 0.0940. The van der Waals surface area contributed by atoms with E-state index in [1.165, 1.54) is 20.1 Å². The van der Waals surface area contributed by atoms with Crippen molar-refractivity contribution >= 4 is 28.7 Å². The second kappa shape index (κ2) is 7.15. The third-order valence-corrected chi connectivity index (χ3v) is 3.25. The van der Waals surface area contributed by atoms with Crippen LogP contribution >= 0.6 is 11.6 Å². The zero-order valence-electron chi connectivity index (χ0n) is 12.3. The van der Waals surface area contributed by atoms with Crippen molar-refractivity contribution in [1.82, 2.24) is 4.98 Å². The van der Waals surface area contributed by atoms with Crippen molar-refractivity contribution in [1.29, 1.82) is 0 Å². The average Bonchev–Trinajstić information content (AvgIpc) is 2.53. The third-order valence-electron chi connectivity index (χ3n) is 2.94. The molecule has 0 spiro atoms. The number of halogens is 3. The number of rotatable bonds is 4. The first kappa shape index (κ1) is 16.8. The fourth-order valence-corrected chi connectivity index (χ4v) is 2.04. The number of aliphatic imine (C=N–C) groups is 1. The standard InChI is InChI=1S/C15H13ClF2N4O/c1-8(20-15-10(17)4-3-5-11(15)18)13(22-19)14-9(16)6-7-12(21-14)23-2/h3-7H,19H2,1-2H3/b20-8?,22-13+. The summed E-state index contributed by atoms with van der Waals surface area (Å²) in [6.45, 7) is 1.50. The van der Waals surface area contributed by atoms with E-state index in [-0.39, 0.29) is 28.0 Å². The largest absolute Gasteiger partial charge is 0.481 e. The number of nitrogens with two attached hydrogens (primary N) is 1. The van der Waals surface area contributed by atoms with E-state index in [1.54, 1.807) is 12.1 Å². The normalized spacial score (nSPS) is 12.4. The van der Waals surface area contributed by atoms with Crippen LogP contribution in [0.5, 0.6) is 5.88 Å². The highest BCUT2D eigenvalue weighted by atomic mass is 35.5. The van der Waals surface area contributed by atoms with Gasteiger partial charge in [-0.3, -0.25) is 0 Å². The Hall–Kier alpha value is -2.54. The van der Waals surface area contributed by atoms with E-state index in [0.29, 0.717) is 0 Å². The Morgan fingerprint density at radius 3 is 2.43 bits per heavy atom. The molecular formula is C15H13ClF2N4O. The molecular weight excluding hydrogens is 326 g/mol. The lowest BCUT2D eigenvalue weighted by Crippen LogP contribution is -2.17. The van der Waals surface area contributed by atoms with Crippen molar-refractivity contribution in [3.63, 3.8) is 0 Å². The van der Waals surface area contributed by atoms with Crippen LogP contribution in [0.2, 0.25) is 5.02 Å². The molecule has 0 fully saturated rings. The Labute approximate surface area is 136 Å². The Morgan fingerprint density at radius 1 is 1.22 bits per heavy atom. The first-order valence-electron chi connectivity index (χ1n) is 6.46. The van der Waals surface area contributed by atoms with Crippen LogP contribution in [0, 0.1) is 11.6 Å². The number of ether oxygens (including phenoxy) is 1. The van der Waals surface area contributed by atoms with Gasteiger partial charge in [-0.15, -0.1) is 0 Å². The van der Waals surface area contributed by atoms with Crippen molar-refractivity contribution in [3.8, 4) is 5.88 Å². The van der Waals surface area contributed by atoms with Crippen molar-refractivity contribution in [2.75, 3.05) is 7.11 Å². The highest BCUT2D eigenvalue weighted by Gasteiger charge is 2.16. The van der Waals surface area contributed by atoms with Crippen LogP contribution in [-0.4, -0.2) is 23.5 Å². The predicted molar refractivity (Wildman–Crippen MR) is 85.7 cm³/mol. The monoisotopic (exact) mass is 338 g/mol. The van der Waals surface area contributed by atoms with E-state index in [1.807, 2.05) is 0 Å². The van der Waals surface area contributed by atoms with Crippen LogP contribution < -0.4 is 10.6 Å². The second-order valence-corrected chi connectivity index (χ2v) is 4.84. The fraction of sp³-hybridized carbons (Fsp3) is 0.133. The van der Waals surface area contributed by atoms with Crippen LogP contribution in [-0.2, 0) is 0 Å². The van der Waals surface area contributed by atoms with Crippen LogP contribution in [0.25, 0.3) is 0 Å². The number of hydrogen-bond donors (Lipinski definition) is 1. The first-order chi connectivity index (χ1) is 11.0. The molecule has 23 heavy (non-hydrogen) atoms. The molecule has 0 amide bonds. The molecule has 120 valence electrons. The van der Waals surface area contributed by atoms with Gasteiger partial charge in [-0.1, -0.05) is 17.7 Å². The Morgan fingerprint density at radius 2 is 1.87 bits per heavy atom. The van der Waals surface area contributed by atoms with Crippen LogP contribution in [0.15, 0.2) is 40.4 Å². The molecule has 0 bridgehead atoms. The maximum Gasteiger partial charge on any atom is 0.213 e. The van der Waals surface area contributed by atoms with Gasteiger partial charge < -0.3 is 10.6 Å². The van der Waals surface area contributed by atoms with E-state index in [0.717, 1.165) is 12.1 Å². The van der Waals surface area contributed by atoms with Crippen molar-refractivity contribution in [2.45, 2.75) is 6.92 Å². The van der Waals surface area contributed by atoms with Gasteiger partial charge in [0.25, 0.3) is 0 Å². The number of nitrogens with zero attached hydrogens (tertiary/aromatic N) is 3. The predicted octanol–water partition coefficient (Wildman–Crippen LogP) is 3.48. The van der Waals surface area contributed by atoms with Gasteiger partial charge in [0.1, 0.15) is 17.1 Å².